The van der Waals surface area contributed by atoms with Crippen LogP contribution in [0.25, 0.3) is 0 Å². The molecule has 1 aliphatic heterocycles. The highest BCUT2D eigenvalue weighted by Gasteiger charge is 2.47. The van der Waals surface area contributed by atoms with Gasteiger partial charge in [-0.3, -0.25) is 4.79 Å². The average molecular weight is 564 g/mol. The fraction of sp³-hybridized carbons (Fsp3) is 0.688. The van der Waals surface area contributed by atoms with Crippen LogP contribution in [0.2, 0.25) is 0 Å². The largest absolute Gasteiger partial charge is 0.487 e. The topological polar surface area (TPSA) is 87.9 Å². The predicted octanol–water partition coefficient (Wildman–Crippen LogP) is 7.13. The third-order valence-corrected chi connectivity index (χ3v) is 8.04. The maximum atomic E-state index is 15.0. The minimum Gasteiger partial charge on any atom is -0.487 e. The highest BCUT2D eigenvalue weighted by atomic mass is 19.3. The van der Waals surface area contributed by atoms with Gasteiger partial charge >= 0.3 is 17.9 Å². The van der Waals surface area contributed by atoms with Gasteiger partial charge in [-0.2, -0.15) is 8.78 Å². The fourth-order valence-corrected chi connectivity index (χ4v) is 6.06. The molecular weight excluding hydrogens is 516 g/mol. The average Bonchev–Trinajstić information content (AvgIpc) is 2.85. The second kappa shape index (κ2) is 13.5. The number of alkyl halides is 2. The van der Waals surface area contributed by atoms with E-state index < -0.39 is 29.9 Å². The number of fused-ring (bicyclic) bond motifs is 3. The Hall–Kier alpha value is -2.48. The number of ether oxygens (including phenoxy) is 3. The standard InChI is InChI=1S/C32H47F2NO5/c1-7-9-22-16-26(29-24-15-21(4)10-11-25(24)31(5,6)40-27(29)17-22)39-30(37)32(33,34)12-8-13-38-28(36)18-23(19-35)14-20(2)3/h15-17,20,23-25H,7-14,18-19,35H2,1-6H3/t23-,24?,25?/m0/s1. The smallest absolute Gasteiger partial charge is 0.382 e. The summed E-state index contributed by atoms with van der Waals surface area (Å²) in [6.45, 7) is 12.5. The molecule has 8 heteroatoms. The Morgan fingerprint density at radius 3 is 2.62 bits per heavy atom. The number of aryl methyl sites for hydroxylation is 1. The molecule has 6 nitrogen and oxygen atoms in total. The number of halogens is 2. The molecule has 2 N–H and O–H groups in total. The van der Waals surface area contributed by atoms with Gasteiger partial charge in [-0.1, -0.05) is 38.8 Å². The minimum atomic E-state index is -3.73. The van der Waals surface area contributed by atoms with Gasteiger partial charge in [0.25, 0.3) is 0 Å². The number of esters is 2. The number of rotatable bonds is 13. The summed E-state index contributed by atoms with van der Waals surface area (Å²) in [5, 5.41) is 0. The monoisotopic (exact) mass is 563 g/mol. The van der Waals surface area contributed by atoms with Crippen molar-refractivity contribution >= 4 is 11.9 Å². The first-order chi connectivity index (χ1) is 18.8. The Morgan fingerprint density at radius 1 is 1.25 bits per heavy atom. The maximum absolute atomic E-state index is 15.0. The number of hydrogen-bond acceptors (Lipinski definition) is 6. The zero-order chi connectivity index (χ0) is 29.7. The Kier molecular flexibility index (Phi) is 10.8. The first-order valence-corrected chi connectivity index (χ1v) is 14.8. The molecule has 224 valence electrons. The van der Waals surface area contributed by atoms with E-state index in [0.29, 0.717) is 30.2 Å². The van der Waals surface area contributed by atoms with E-state index in [2.05, 4.69) is 26.8 Å². The molecule has 1 aromatic carbocycles. The molecular formula is C32H47F2NO5. The van der Waals surface area contributed by atoms with E-state index in [1.807, 2.05) is 26.8 Å². The van der Waals surface area contributed by atoms with Gasteiger partial charge in [-0.25, -0.2) is 4.79 Å². The summed E-state index contributed by atoms with van der Waals surface area (Å²) in [5.41, 5.74) is 8.05. The third kappa shape index (κ3) is 8.05. The van der Waals surface area contributed by atoms with Crippen LogP contribution in [0, 0.1) is 17.8 Å². The number of nitrogens with two attached hydrogens (primary N) is 1. The summed E-state index contributed by atoms with van der Waals surface area (Å²) >= 11 is 0. The van der Waals surface area contributed by atoms with Crippen molar-refractivity contribution in [3.05, 3.63) is 34.9 Å². The van der Waals surface area contributed by atoms with Gasteiger partial charge < -0.3 is 19.9 Å². The van der Waals surface area contributed by atoms with Gasteiger partial charge in [0, 0.05) is 30.2 Å². The summed E-state index contributed by atoms with van der Waals surface area (Å²) in [7, 11) is 0. The lowest BCUT2D eigenvalue weighted by molar-refractivity contribution is -0.163. The molecule has 1 aromatic rings. The zero-order valence-corrected chi connectivity index (χ0v) is 25.0. The van der Waals surface area contributed by atoms with Crippen molar-refractivity contribution in [2.45, 2.75) is 110 Å². The van der Waals surface area contributed by atoms with Crippen LogP contribution in [-0.2, 0) is 20.7 Å². The Bertz CT molecular complexity index is 1080. The molecule has 1 aliphatic carbocycles. The van der Waals surface area contributed by atoms with Crippen LogP contribution in [0.4, 0.5) is 8.78 Å². The molecule has 0 amide bonds. The highest BCUT2D eigenvalue weighted by molar-refractivity contribution is 5.80. The van der Waals surface area contributed by atoms with Crippen LogP contribution in [-0.4, -0.2) is 36.6 Å². The number of allylic oxidation sites excluding steroid dienone is 2. The van der Waals surface area contributed by atoms with Crippen LogP contribution in [0.3, 0.4) is 0 Å². The Labute approximate surface area is 238 Å². The number of benzene rings is 1. The zero-order valence-electron chi connectivity index (χ0n) is 25.0. The lowest BCUT2D eigenvalue weighted by atomic mass is 9.68. The molecule has 1 heterocycles. The predicted molar refractivity (Wildman–Crippen MR) is 152 cm³/mol. The first-order valence-electron chi connectivity index (χ1n) is 14.8. The summed E-state index contributed by atoms with van der Waals surface area (Å²) in [6, 6.07) is 3.66. The van der Waals surface area contributed by atoms with Gasteiger partial charge in [-0.05, 0) is 89.0 Å². The molecule has 3 atom stereocenters. The van der Waals surface area contributed by atoms with Crippen molar-refractivity contribution in [1.29, 1.82) is 0 Å². The summed E-state index contributed by atoms with van der Waals surface area (Å²) in [4.78, 5) is 24.9. The number of carbonyl (C=O) groups is 2. The van der Waals surface area contributed by atoms with E-state index in [9.17, 15) is 18.4 Å². The Balaban J connectivity index is 1.71. The number of carbonyl (C=O) groups excluding carboxylic acids is 2. The van der Waals surface area contributed by atoms with Crippen LogP contribution < -0.4 is 15.2 Å². The van der Waals surface area contributed by atoms with E-state index in [1.165, 1.54) is 5.57 Å². The molecule has 0 saturated carbocycles. The fourth-order valence-electron chi connectivity index (χ4n) is 6.06. The van der Waals surface area contributed by atoms with E-state index in [4.69, 9.17) is 19.9 Å². The molecule has 2 aliphatic rings. The maximum Gasteiger partial charge on any atom is 0.382 e. The molecule has 0 fully saturated rings. The molecule has 3 rings (SSSR count). The van der Waals surface area contributed by atoms with Crippen molar-refractivity contribution in [2.75, 3.05) is 13.2 Å². The summed E-state index contributed by atoms with van der Waals surface area (Å²) < 4.78 is 47.0. The quantitative estimate of drug-likeness (QED) is 0.119. The molecule has 0 spiro atoms. The minimum absolute atomic E-state index is 0.00438. The second-order valence-electron chi connectivity index (χ2n) is 12.5. The second-order valence-corrected chi connectivity index (χ2v) is 12.5. The van der Waals surface area contributed by atoms with Crippen molar-refractivity contribution in [3.8, 4) is 11.5 Å². The molecule has 40 heavy (non-hydrogen) atoms. The summed E-state index contributed by atoms with van der Waals surface area (Å²) in [5.74, 6) is -4.64. The van der Waals surface area contributed by atoms with E-state index in [0.717, 1.165) is 31.2 Å². The van der Waals surface area contributed by atoms with E-state index >= 15 is 0 Å². The lowest BCUT2D eigenvalue weighted by Gasteiger charge is -2.46. The van der Waals surface area contributed by atoms with Gasteiger partial charge in [0.05, 0.1) is 6.61 Å². The van der Waals surface area contributed by atoms with Gasteiger partial charge in [0.2, 0.25) is 0 Å². The van der Waals surface area contributed by atoms with Gasteiger partial charge in [0.1, 0.15) is 17.1 Å². The van der Waals surface area contributed by atoms with Crippen LogP contribution >= 0.6 is 0 Å². The lowest BCUT2D eigenvalue weighted by Crippen LogP contribution is -2.45. The van der Waals surface area contributed by atoms with Crippen molar-refractivity contribution < 1.29 is 32.6 Å². The van der Waals surface area contributed by atoms with Gasteiger partial charge in [-0.15, -0.1) is 0 Å². The van der Waals surface area contributed by atoms with Crippen molar-refractivity contribution in [2.24, 2.45) is 23.5 Å². The van der Waals surface area contributed by atoms with Crippen LogP contribution in [0.1, 0.15) is 104 Å². The SMILES string of the molecule is CCCc1cc(OC(=O)C(F)(F)CCCOC(=O)C[C@@H](CN)CC(C)C)c2c(c1)OC(C)(C)C1CCC(C)=CC21. The normalized spacial score (nSPS) is 20.6. The Morgan fingerprint density at radius 2 is 1.98 bits per heavy atom. The van der Waals surface area contributed by atoms with Crippen LogP contribution in [0.15, 0.2) is 23.8 Å². The molecule has 0 bridgehead atoms. The van der Waals surface area contributed by atoms with E-state index in [1.54, 1.807) is 6.07 Å². The van der Waals surface area contributed by atoms with E-state index in [-0.39, 0.29) is 43.0 Å². The number of hydrogen-bond donors (Lipinski definition) is 1. The highest BCUT2D eigenvalue weighted by Crippen LogP contribution is 2.54. The molecule has 2 unspecified atom stereocenters. The summed E-state index contributed by atoms with van der Waals surface area (Å²) in [6.07, 6.45) is 5.56. The third-order valence-electron chi connectivity index (χ3n) is 8.04. The van der Waals surface area contributed by atoms with Gasteiger partial charge in [0.15, 0.2) is 0 Å². The first kappa shape index (κ1) is 32.0. The van der Waals surface area contributed by atoms with Crippen molar-refractivity contribution in [3.63, 3.8) is 0 Å². The molecule has 0 saturated heterocycles. The molecule has 0 radical (unpaired) electrons. The van der Waals surface area contributed by atoms with Crippen LogP contribution in [0.5, 0.6) is 11.5 Å². The van der Waals surface area contributed by atoms with Crippen molar-refractivity contribution in [1.82, 2.24) is 0 Å². The molecule has 0 aromatic heterocycles.